The third kappa shape index (κ3) is 3.28. The van der Waals surface area contributed by atoms with Gasteiger partial charge in [-0.05, 0) is 25.5 Å². The van der Waals surface area contributed by atoms with Gasteiger partial charge in [-0.1, -0.05) is 11.6 Å². The molecule has 1 aromatic rings. The number of sulfonamides is 1. The van der Waals surface area contributed by atoms with Crippen LogP contribution in [0, 0.1) is 6.92 Å². The van der Waals surface area contributed by atoms with Crippen LogP contribution in [0.25, 0.3) is 0 Å². The molecule has 1 unspecified atom stereocenters. The fourth-order valence-corrected chi connectivity index (χ4v) is 2.28. The summed E-state index contributed by atoms with van der Waals surface area (Å²) in [6.07, 6.45) is 0. The highest BCUT2D eigenvalue weighted by molar-refractivity contribution is 7.93. The van der Waals surface area contributed by atoms with Crippen LogP contribution in [0.15, 0.2) is 12.1 Å². The van der Waals surface area contributed by atoms with E-state index in [1.54, 1.807) is 19.1 Å². The minimum atomic E-state index is -3.65. The van der Waals surface area contributed by atoms with Crippen LogP contribution in [0.2, 0.25) is 5.02 Å². The summed E-state index contributed by atoms with van der Waals surface area (Å²) in [5.41, 5.74) is 1.03. The van der Waals surface area contributed by atoms with Crippen molar-refractivity contribution in [2.75, 3.05) is 18.4 Å². The number of rotatable bonds is 5. The van der Waals surface area contributed by atoms with Crippen molar-refractivity contribution in [2.45, 2.75) is 19.1 Å². The molecule has 1 atom stereocenters. The quantitative estimate of drug-likeness (QED) is 0.868. The summed E-state index contributed by atoms with van der Waals surface area (Å²) in [7, 11) is -2.22. The normalized spacial score (nSPS) is 13.2. The van der Waals surface area contributed by atoms with E-state index < -0.39 is 21.9 Å². The molecule has 0 fully saturated rings. The zero-order valence-corrected chi connectivity index (χ0v) is 12.0. The van der Waals surface area contributed by atoms with Crippen molar-refractivity contribution in [1.29, 1.82) is 0 Å². The molecule has 2 N–H and O–H groups in total. The van der Waals surface area contributed by atoms with E-state index in [-0.39, 0.29) is 0 Å². The Morgan fingerprint density at radius 2 is 2.11 bits per heavy atom. The fraction of sp³-hybridized carbons (Fsp3) is 0.455. The summed E-state index contributed by atoms with van der Waals surface area (Å²) in [6.45, 7) is 2.72. The van der Waals surface area contributed by atoms with Crippen LogP contribution in [0.1, 0.15) is 12.5 Å². The summed E-state index contributed by atoms with van der Waals surface area (Å²) < 4.78 is 31.1. The van der Waals surface area contributed by atoms with Crippen LogP contribution >= 0.6 is 11.6 Å². The molecular formula is C11H16ClNO4S. The van der Waals surface area contributed by atoms with E-state index in [0.29, 0.717) is 16.5 Å². The van der Waals surface area contributed by atoms with Crippen molar-refractivity contribution < 1.29 is 18.3 Å². The Labute approximate surface area is 112 Å². The number of halogens is 1. The molecule has 0 amide bonds. The lowest BCUT2D eigenvalue weighted by Gasteiger charge is -2.16. The Balaban J connectivity index is 3.15. The summed E-state index contributed by atoms with van der Waals surface area (Å²) >= 11 is 5.93. The molecule has 0 heterocycles. The van der Waals surface area contributed by atoms with Gasteiger partial charge in [-0.15, -0.1) is 0 Å². The minimum absolute atomic E-state index is 0.305. The van der Waals surface area contributed by atoms with Gasteiger partial charge in [0.25, 0.3) is 0 Å². The van der Waals surface area contributed by atoms with E-state index in [9.17, 15) is 8.42 Å². The van der Waals surface area contributed by atoms with Crippen molar-refractivity contribution in [1.82, 2.24) is 0 Å². The van der Waals surface area contributed by atoms with Gasteiger partial charge in [0.1, 0.15) is 11.0 Å². The fourth-order valence-electron chi connectivity index (χ4n) is 1.26. The number of aryl methyl sites for hydroxylation is 1. The number of anilines is 1. The van der Waals surface area contributed by atoms with Crippen LogP contribution in [0.3, 0.4) is 0 Å². The molecule has 1 rings (SSSR count). The monoisotopic (exact) mass is 293 g/mol. The van der Waals surface area contributed by atoms with Crippen LogP contribution in [0.4, 0.5) is 5.69 Å². The van der Waals surface area contributed by atoms with Crippen LogP contribution in [-0.4, -0.2) is 32.5 Å². The highest BCUT2D eigenvalue weighted by atomic mass is 35.5. The second kappa shape index (κ2) is 5.77. The van der Waals surface area contributed by atoms with Crippen molar-refractivity contribution in [3.63, 3.8) is 0 Å². The van der Waals surface area contributed by atoms with Gasteiger partial charge >= 0.3 is 0 Å². The number of hydrogen-bond donors (Lipinski definition) is 2. The first kappa shape index (κ1) is 15.1. The number of methoxy groups -OCH3 is 1. The molecule has 0 aromatic heterocycles. The molecule has 0 saturated carbocycles. The zero-order chi connectivity index (χ0) is 13.9. The molecule has 1 aromatic carbocycles. The van der Waals surface area contributed by atoms with Crippen molar-refractivity contribution >= 4 is 27.3 Å². The third-order valence-electron chi connectivity index (χ3n) is 2.52. The van der Waals surface area contributed by atoms with E-state index in [0.717, 1.165) is 5.56 Å². The molecule has 0 aliphatic heterocycles. The Kier molecular flexibility index (Phi) is 4.84. The van der Waals surface area contributed by atoms with Gasteiger partial charge < -0.3 is 9.84 Å². The Hall–Kier alpha value is -0.980. The van der Waals surface area contributed by atoms with Gasteiger partial charge in [-0.2, -0.15) is 0 Å². The van der Waals surface area contributed by atoms with E-state index in [2.05, 4.69) is 4.72 Å². The van der Waals surface area contributed by atoms with Gasteiger partial charge in [0.05, 0.1) is 19.4 Å². The van der Waals surface area contributed by atoms with E-state index in [1.807, 2.05) is 0 Å². The third-order valence-corrected chi connectivity index (χ3v) is 4.64. The summed E-state index contributed by atoms with van der Waals surface area (Å²) in [5, 5.41) is 8.49. The predicted molar refractivity (Wildman–Crippen MR) is 71.8 cm³/mol. The Morgan fingerprint density at radius 3 is 2.61 bits per heavy atom. The second-order valence-corrected chi connectivity index (χ2v) is 6.45. The van der Waals surface area contributed by atoms with E-state index in [4.69, 9.17) is 21.4 Å². The number of aliphatic hydroxyl groups is 1. The highest BCUT2D eigenvalue weighted by Crippen LogP contribution is 2.31. The summed E-state index contributed by atoms with van der Waals surface area (Å²) in [6, 6.07) is 3.13. The van der Waals surface area contributed by atoms with Gasteiger partial charge in [-0.3, -0.25) is 4.72 Å². The van der Waals surface area contributed by atoms with Crippen molar-refractivity contribution in [3.05, 3.63) is 22.7 Å². The van der Waals surface area contributed by atoms with Gasteiger partial charge in [0, 0.05) is 11.1 Å². The molecule has 0 saturated heterocycles. The van der Waals surface area contributed by atoms with Crippen LogP contribution in [-0.2, 0) is 10.0 Å². The molecule has 5 nitrogen and oxygen atoms in total. The lowest BCUT2D eigenvalue weighted by atomic mass is 10.2. The lowest BCUT2D eigenvalue weighted by molar-refractivity contribution is 0.296. The van der Waals surface area contributed by atoms with Crippen LogP contribution < -0.4 is 9.46 Å². The first-order chi connectivity index (χ1) is 8.31. The summed E-state index contributed by atoms with van der Waals surface area (Å²) in [4.78, 5) is 0. The predicted octanol–water partition coefficient (Wildman–Crippen LogP) is 1.78. The standard InChI is InChI=1S/C11H16ClNO4S/c1-7-4-10(11(17-3)5-9(7)12)13-18(15,16)8(2)6-14/h4-5,8,13-14H,6H2,1-3H3. The molecule has 0 aliphatic rings. The maximum atomic E-state index is 11.8. The minimum Gasteiger partial charge on any atom is -0.495 e. The second-order valence-electron chi connectivity index (χ2n) is 3.94. The average Bonchev–Trinajstić information content (AvgIpc) is 2.31. The number of aliphatic hydroxyl groups excluding tert-OH is 1. The van der Waals surface area contributed by atoms with Gasteiger partial charge in [-0.25, -0.2) is 8.42 Å². The highest BCUT2D eigenvalue weighted by Gasteiger charge is 2.21. The maximum Gasteiger partial charge on any atom is 0.237 e. The first-order valence-corrected chi connectivity index (χ1v) is 7.21. The SMILES string of the molecule is COc1cc(Cl)c(C)cc1NS(=O)(=O)C(C)CO. The van der Waals surface area contributed by atoms with Crippen LogP contribution in [0.5, 0.6) is 5.75 Å². The van der Waals surface area contributed by atoms with E-state index in [1.165, 1.54) is 14.0 Å². The molecule has 0 spiro atoms. The number of ether oxygens (including phenoxy) is 1. The van der Waals surface area contributed by atoms with Crippen molar-refractivity contribution in [2.24, 2.45) is 0 Å². The molecule has 0 aliphatic carbocycles. The number of hydrogen-bond acceptors (Lipinski definition) is 4. The lowest BCUT2D eigenvalue weighted by Crippen LogP contribution is -2.28. The average molecular weight is 294 g/mol. The Morgan fingerprint density at radius 1 is 1.50 bits per heavy atom. The smallest absolute Gasteiger partial charge is 0.237 e. The van der Waals surface area contributed by atoms with Gasteiger partial charge in [0.2, 0.25) is 10.0 Å². The maximum absolute atomic E-state index is 11.8. The molecule has 18 heavy (non-hydrogen) atoms. The molecule has 102 valence electrons. The molecular weight excluding hydrogens is 278 g/mol. The first-order valence-electron chi connectivity index (χ1n) is 5.28. The topological polar surface area (TPSA) is 75.6 Å². The van der Waals surface area contributed by atoms with Gasteiger partial charge in [0.15, 0.2) is 0 Å². The molecule has 0 bridgehead atoms. The number of nitrogens with one attached hydrogen (secondary N) is 1. The van der Waals surface area contributed by atoms with E-state index >= 15 is 0 Å². The Bertz CT molecular complexity index is 530. The molecule has 7 heteroatoms. The number of benzene rings is 1. The molecule has 0 radical (unpaired) electrons. The van der Waals surface area contributed by atoms with Crippen molar-refractivity contribution in [3.8, 4) is 5.75 Å². The largest absolute Gasteiger partial charge is 0.495 e. The summed E-state index contributed by atoms with van der Waals surface area (Å²) in [5.74, 6) is 0.333. The zero-order valence-electron chi connectivity index (χ0n) is 10.4.